The largest absolute Gasteiger partial charge is 0.379 e. The topological polar surface area (TPSA) is 92.7 Å². The highest BCUT2D eigenvalue weighted by atomic mass is 32.2. The van der Waals surface area contributed by atoms with E-state index in [1.807, 2.05) is 0 Å². The minimum atomic E-state index is -3.72. The Kier molecular flexibility index (Phi) is 6.75. The molecule has 0 saturated carbocycles. The molecule has 1 amide bonds. The molecule has 4 aromatic rings. The van der Waals surface area contributed by atoms with Gasteiger partial charge in [0.2, 0.25) is 10.0 Å². The van der Waals surface area contributed by atoms with Gasteiger partial charge in [0.05, 0.1) is 29.4 Å². The maximum atomic E-state index is 14.3. The number of fused-ring (bicyclic) bond motifs is 1. The molecule has 8 nitrogen and oxygen atoms in total. The van der Waals surface area contributed by atoms with Gasteiger partial charge in [-0.2, -0.15) is 4.31 Å². The number of sulfonamides is 1. The third-order valence-corrected chi connectivity index (χ3v) is 8.59. The van der Waals surface area contributed by atoms with Gasteiger partial charge < -0.3 is 4.74 Å². The number of hydrogen-bond donors (Lipinski definition) is 0. The van der Waals surface area contributed by atoms with E-state index in [1.54, 1.807) is 24.5 Å². The average Bonchev–Trinajstić information content (AvgIpc) is 3.32. The zero-order chi connectivity index (χ0) is 25.3. The highest BCUT2D eigenvalue weighted by Gasteiger charge is 2.28. The third kappa shape index (κ3) is 4.85. The Morgan fingerprint density at radius 2 is 1.86 bits per heavy atom. The van der Waals surface area contributed by atoms with Crippen LogP contribution in [0.2, 0.25) is 0 Å². The molecule has 2 aromatic heterocycles. The summed E-state index contributed by atoms with van der Waals surface area (Å²) in [6.45, 7) is 1.25. The number of hydrogen-bond acceptors (Lipinski definition) is 7. The van der Waals surface area contributed by atoms with E-state index in [9.17, 15) is 22.0 Å². The van der Waals surface area contributed by atoms with Crippen LogP contribution in [0.5, 0.6) is 0 Å². The van der Waals surface area contributed by atoms with E-state index in [-0.39, 0.29) is 45.4 Å². The van der Waals surface area contributed by atoms with E-state index in [1.165, 1.54) is 33.5 Å². The average molecular weight is 531 g/mol. The summed E-state index contributed by atoms with van der Waals surface area (Å²) in [7, 11) is -3.72. The second-order valence-electron chi connectivity index (χ2n) is 8.02. The minimum absolute atomic E-state index is 0.0349. The van der Waals surface area contributed by atoms with Gasteiger partial charge in [0, 0.05) is 37.1 Å². The lowest BCUT2D eigenvalue weighted by Crippen LogP contribution is -2.40. The monoisotopic (exact) mass is 530 g/mol. The summed E-state index contributed by atoms with van der Waals surface area (Å²) in [5, 5.41) is 0.174. The smallest absolute Gasteiger partial charge is 0.260 e. The zero-order valence-electron chi connectivity index (χ0n) is 18.8. The quantitative estimate of drug-likeness (QED) is 0.376. The first-order valence-corrected chi connectivity index (χ1v) is 13.2. The molecule has 12 heteroatoms. The lowest BCUT2D eigenvalue weighted by molar-refractivity contribution is 0.0730. The van der Waals surface area contributed by atoms with Crippen molar-refractivity contribution in [1.29, 1.82) is 0 Å². The van der Waals surface area contributed by atoms with Crippen molar-refractivity contribution in [3.63, 3.8) is 0 Å². The predicted molar refractivity (Wildman–Crippen MR) is 130 cm³/mol. The van der Waals surface area contributed by atoms with Gasteiger partial charge in [-0.1, -0.05) is 17.4 Å². The Bertz CT molecular complexity index is 1510. The van der Waals surface area contributed by atoms with Crippen molar-refractivity contribution in [1.82, 2.24) is 14.3 Å². The number of pyridine rings is 1. The van der Waals surface area contributed by atoms with Crippen molar-refractivity contribution in [2.45, 2.75) is 11.4 Å². The normalized spacial score (nSPS) is 14.7. The van der Waals surface area contributed by atoms with Crippen LogP contribution < -0.4 is 4.90 Å². The predicted octanol–water partition coefficient (Wildman–Crippen LogP) is 3.84. The van der Waals surface area contributed by atoms with Crippen LogP contribution in [0.4, 0.5) is 13.9 Å². The number of nitrogens with zero attached hydrogens (tertiary/aromatic N) is 4. The summed E-state index contributed by atoms with van der Waals surface area (Å²) in [6, 6.07) is 11.0. The van der Waals surface area contributed by atoms with Gasteiger partial charge >= 0.3 is 0 Å². The fourth-order valence-corrected chi connectivity index (χ4v) is 6.23. The van der Waals surface area contributed by atoms with Crippen molar-refractivity contribution in [2.75, 3.05) is 31.2 Å². The molecule has 0 spiro atoms. The maximum Gasteiger partial charge on any atom is 0.260 e. The fourth-order valence-electron chi connectivity index (χ4n) is 3.82. The van der Waals surface area contributed by atoms with E-state index in [2.05, 4.69) is 9.97 Å². The Morgan fingerprint density at radius 3 is 2.56 bits per heavy atom. The van der Waals surface area contributed by atoms with E-state index < -0.39 is 27.6 Å². The number of aromatic nitrogens is 2. The van der Waals surface area contributed by atoms with Gasteiger partial charge in [-0.05, 0) is 42.0 Å². The molecule has 0 N–H and O–H groups in total. The standard InChI is InChI=1S/C24H20F2N4O4S2/c25-18-12-20(26)22-21(13-18)35-24(28-22)30(15-16-2-1-7-27-14-16)23(31)17-3-5-19(6-4-17)36(32,33)29-8-10-34-11-9-29/h1-7,12-14H,8-11,15H2. The summed E-state index contributed by atoms with van der Waals surface area (Å²) in [4.78, 5) is 23.3. The maximum absolute atomic E-state index is 14.3. The first-order chi connectivity index (χ1) is 17.3. The van der Waals surface area contributed by atoms with Crippen molar-refractivity contribution >= 4 is 42.6 Å². The summed E-state index contributed by atoms with van der Waals surface area (Å²) < 4.78 is 60.7. The number of morpholine rings is 1. The molecule has 0 atom stereocenters. The Morgan fingerprint density at radius 1 is 1.11 bits per heavy atom. The summed E-state index contributed by atoms with van der Waals surface area (Å²) in [5.74, 6) is -2.04. The molecule has 2 aromatic carbocycles. The first-order valence-electron chi connectivity index (χ1n) is 11.0. The van der Waals surface area contributed by atoms with E-state index in [0.29, 0.717) is 18.8 Å². The van der Waals surface area contributed by atoms with Crippen LogP contribution in [-0.4, -0.2) is 54.9 Å². The molecule has 0 radical (unpaired) electrons. The highest BCUT2D eigenvalue weighted by Crippen LogP contribution is 2.33. The SMILES string of the molecule is O=C(c1ccc(S(=O)(=O)N2CCOCC2)cc1)N(Cc1cccnc1)c1nc2c(F)cc(F)cc2s1. The summed E-state index contributed by atoms with van der Waals surface area (Å²) in [6.07, 6.45) is 3.19. The van der Waals surface area contributed by atoms with Gasteiger partial charge in [-0.3, -0.25) is 14.7 Å². The number of carbonyl (C=O) groups excluding carboxylic acids is 1. The molecule has 186 valence electrons. The number of thiazole rings is 1. The molecule has 1 aliphatic rings. The van der Waals surface area contributed by atoms with Gasteiger partial charge in [0.1, 0.15) is 11.3 Å². The van der Waals surface area contributed by atoms with Crippen LogP contribution in [0.25, 0.3) is 10.2 Å². The summed E-state index contributed by atoms with van der Waals surface area (Å²) in [5.41, 5.74) is 0.876. The van der Waals surface area contributed by atoms with Crippen molar-refractivity contribution in [3.8, 4) is 0 Å². The molecule has 1 fully saturated rings. The molecule has 0 bridgehead atoms. The molecule has 3 heterocycles. The number of rotatable bonds is 6. The Hall–Kier alpha value is -3.32. The van der Waals surface area contributed by atoms with Crippen molar-refractivity contribution in [3.05, 3.63) is 83.7 Å². The lowest BCUT2D eigenvalue weighted by atomic mass is 10.2. The van der Waals surface area contributed by atoms with Crippen LogP contribution in [0.15, 0.2) is 65.8 Å². The number of anilines is 1. The van der Waals surface area contributed by atoms with Gasteiger partial charge in [0.25, 0.3) is 5.91 Å². The number of amides is 1. The van der Waals surface area contributed by atoms with Crippen LogP contribution in [0.1, 0.15) is 15.9 Å². The second-order valence-corrected chi connectivity index (χ2v) is 11.0. The van der Waals surface area contributed by atoms with E-state index >= 15 is 0 Å². The van der Waals surface area contributed by atoms with Crippen LogP contribution in [-0.2, 0) is 21.3 Å². The molecule has 1 saturated heterocycles. The van der Waals surface area contributed by atoms with Crippen molar-refractivity contribution < 1.29 is 26.7 Å². The second kappa shape index (κ2) is 9.97. The Labute approximate surface area is 209 Å². The van der Waals surface area contributed by atoms with E-state index in [4.69, 9.17) is 4.74 Å². The molecule has 1 aliphatic heterocycles. The van der Waals surface area contributed by atoms with E-state index in [0.717, 1.165) is 23.5 Å². The van der Waals surface area contributed by atoms with Gasteiger partial charge in [0.15, 0.2) is 10.9 Å². The number of carbonyl (C=O) groups is 1. The third-order valence-electron chi connectivity index (χ3n) is 5.65. The Balaban J connectivity index is 1.49. The number of ether oxygens (including phenoxy) is 1. The van der Waals surface area contributed by atoms with Crippen molar-refractivity contribution in [2.24, 2.45) is 0 Å². The molecule has 5 rings (SSSR count). The number of halogens is 2. The molecule has 0 unspecified atom stereocenters. The highest BCUT2D eigenvalue weighted by molar-refractivity contribution is 7.89. The van der Waals surface area contributed by atoms with Crippen LogP contribution in [0.3, 0.4) is 0 Å². The molecular weight excluding hydrogens is 510 g/mol. The lowest BCUT2D eigenvalue weighted by Gasteiger charge is -2.26. The van der Waals surface area contributed by atoms with Crippen LogP contribution in [0, 0.1) is 11.6 Å². The number of benzene rings is 2. The molecule has 0 aliphatic carbocycles. The van der Waals surface area contributed by atoms with Gasteiger partial charge in [-0.15, -0.1) is 0 Å². The van der Waals surface area contributed by atoms with Gasteiger partial charge in [-0.25, -0.2) is 22.2 Å². The minimum Gasteiger partial charge on any atom is -0.379 e. The fraction of sp³-hybridized carbons (Fsp3) is 0.208. The zero-order valence-corrected chi connectivity index (χ0v) is 20.4. The first kappa shape index (κ1) is 24.4. The molecule has 36 heavy (non-hydrogen) atoms. The summed E-state index contributed by atoms with van der Waals surface area (Å²) >= 11 is 0.981. The molecular formula is C24H20F2N4O4S2. The van der Waals surface area contributed by atoms with Crippen LogP contribution >= 0.6 is 11.3 Å².